The van der Waals surface area contributed by atoms with E-state index in [1.165, 1.54) is 16.8 Å². The average molecular weight is 331 g/mol. The fraction of sp³-hybridized carbons (Fsp3) is 0.300. The maximum atomic E-state index is 4.34. The Kier molecular flexibility index (Phi) is 4.55. The van der Waals surface area contributed by atoms with Gasteiger partial charge in [-0.1, -0.05) is 29.3 Å². The summed E-state index contributed by atoms with van der Waals surface area (Å²) in [5.74, 6) is 0. The quantitative estimate of drug-likeness (QED) is 0.649. The number of hydrogen-bond acceptors (Lipinski definition) is 0. The third-order valence-corrected chi connectivity index (χ3v) is 1.90. The Morgan fingerprint density at radius 2 is 2.08 bits per heavy atom. The normalized spacial score (nSPS) is 12.1. The summed E-state index contributed by atoms with van der Waals surface area (Å²) in [5.41, 5.74) is 3.96. The molecule has 0 amide bonds. The van der Waals surface area contributed by atoms with Crippen LogP contribution in [0.15, 0.2) is 18.2 Å². The predicted octanol–water partition coefficient (Wildman–Crippen LogP) is 3.00. The summed E-state index contributed by atoms with van der Waals surface area (Å²) in [4.78, 5) is 0. The van der Waals surface area contributed by atoms with E-state index in [1.807, 2.05) is 0 Å². The molecule has 64 valence electrons. The third-order valence-electron chi connectivity index (χ3n) is 1.90. The van der Waals surface area contributed by atoms with Gasteiger partial charge < -0.3 is 12.7 Å². The Labute approximate surface area is 88.8 Å². The van der Waals surface area contributed by atoms with Crippen LogP contribution >= 0.6 is 0 Å². The summed E-state index contributed by atoms with van der Waals surface area (Å²) in [6.45, 7) is 3.11. The first kappa shape index (κ1) is 11.7. The molecule has 0 aliphatic carbocycles. The Balaban J connectivity index is 0.000000605. The van der Waals surface area contributed by atoms with Crippen LogP contribution in [-0.2, 0) is 27.5 Å². The van der Waals surface area contributed by atoms with Crippen molar-refractivity contribution >= 4 is 5.69 Å². The van der Waals surface area contributed by atoms with Gasteiger partial charge in [0.15, 0.2) is 0 Å². The number of hydrogen-bond donors (Lipinski definition) is 0. The fourth-order valence-corrected chi connectivity index (χ4v) is 1.37. The van der Waals surface area contributed by atoms with Crippen molar-refractivity contribution in [3.8, 4) is 0 Å². The van der Waals surface area contributed by atoms with Gasteiger partial charge in [-0.2, -0.15) is 0 Å². The monoisotopic (exact) mass is 331 g/mol. The molecular weight excluding hydrogens is 318 g/mol. The van der Waals surface area contributed by atoms with Gasteiger partial charge in [0.1, 0.15) is 0 Å². The van der Waals surface area contributed by atoms with Crippen LogP contribution in [0.1, 0.15) is 11.1 Å². The number of nitrogens with zero attached hydrogens (tertiary/aromatic N) is 1. The van der Waals surface area contributed by atoms with Gasteiger partial charge in [0, 0.05) is 0 Å². The van der Waals surface area contributed by atoms with Crippen molar-refractivity contribution in [3.63, 3.8) is 0 Å². The van der Waals surface area contributed by atoms with Crippen LogP contribution < -0.4 is 0 Å². The molecule has 0 saturated carbocycles. The predicted molar refractivity (Wildman–Crippen MR) is 49.2 cm³/mol. The summed E-state index contributed by atoms with van der Waals surface area (Å²) in [7, 11) is 0. The van der Waals surface area contributed by atoms with Crippen LogP contribution in [-0.4, -0.2) is 6.54 Å². The van der Waals surface area contributed by atoms with Gasteiger partial charge >= 0.3 is 21.1 Å². The largest absolute Gasteiger partial charge is 2.00 e. The first-order chi connectivity index (χ1) is 4.86. The summed E-state index contributed by atoms with van der Waals surface area (Å²) in [6.07, 6.45) is 1.14. The minimum Gasteiger partial charge on any atom is -0.684 e. The Morgan fingerprint density at radius 1 is 1.33 bits per heavy atom. The number of benzene rings is 1. The second-order valence-corrected chi connectivity index (χ2v) is 2.76. The van der Waals surface area contributed by atoms with Crippen LogP contribution in [0.4, 0.5) is 5.69 Å². The van der Waals surface area contributed by atoms with Crippen LogP contribution in [0.3, 0.4) is 0 Å². The summed E-state index contributed by atoms with van der Waals surface area (Å²) >= 11 is 0. The molecule has 1 aromatic rings. The molecule has 0 atom stereocenters. The second-order valence-electron chi connectivity index (χ2n) is 2.76. The van der Waals surface area contributed by atoms with E-state index in [-0.39, 0.29) is 28.5 Å². The Hall–Kier alpha value is -0.292. The second kappa shape index (κ2) is 4.67. The van der Waals surface area contributed by atoms with Crippen molar-refractivity contribution in [3.05, 3.63) is 42.1 Å². The van der Waals surface area contributed by atoms with Gasteiger partial charge in [0.25, 0.3) is 0 Å². The third kappa shape index (κ3) is 2.10. The van der Waals surface area contributed by atoms with E-state index in [0.717, 1.165) is 13.0 Å². The maximum Gasteiger partial charge on any atom is 2.00 e. The van der Waals surface area contributed by atoms with E-state index in [0.29, 0.717) is 0 Å². The molecule has 2 heteroatoms. The molecule has 1 nitrogen and oxygen atoms in total. The van der Waals surface area contributed by atoms with E-state index in [1.54, 1.807) is 0 Å². The SMILES string of the molecule is Cc1ccc2c(c1)CC[N-]2.[CH3-].[W+2]. The van der Waals surface area contributed by atoms with E-state index in [9.17, 15) is 0 Å². The van der Waals surface area contributed by atoms with E-state index in [4.69, 9.17) is 0 Å². The number of rotatable bonds is 0. The first-order valence-corrected chi connectivity index (χ1v) is 3.63. The Morgan fingerprint density at radius 3 is 2.83 bits per heavy atom. The molecule has 1 aliphatic heterocycles. The van der Waals surface area contributed by atoms with Gasteiger partial charge in [-0.05, 0) is 13.3 Å². The zero-order valence-corrected chi connectivity index (χ0v) is 10.4. The zero-order chi connectivity index (χ0) is 6.97. The van der Waals surface area contributed by atoms with Gasteiger partial charge in [-0.15, -0.1) is 12.2 Å². The molecule has 0 aromatic heterocycles. The van der Waals surface area contributed by atoms with Gasteiger partial charge in [0.2, 0.25) is 0 Å². The first-order valence-electron chi connectivity index (χ1n) is 3.63. The van der Waals surface area contributed by atoms with Crippen molar-refractivity contribution < 1.29 is 21.1 Å². The Bertz CT molecular complexity index is 258. The van der Waals surface area contributed by atoms with E-state index < -0.39 is 0 Å². The molecule has 12 heavy (non-hydrogen) atoms. The molecule has 1 heterocycles. The minimum atomic E-state index is 0. The van der Waals surface area contributed by atoms with Crippen LogP contribution in [0.25, 0.3) is 5.32 Å². The van der Waals surface area contributed by atoms with Crippen molar-refractivity contribution in [1.29, 1.82) is 0 Å². The van der Waals surface area contributed by atoms with Crippen molar-refractivity contribution in [2.45, 2.75) is 13.3 Å². The summed E-state index contributed by atoms with van der Waals surface area (Å²) in [5, 5.41) is 4.34. The molecule has 0 fully saturated rings. The summed E-state index contributed by atoms with van der Waals surface area (Å²) in [6, 6.07) is 6.46. The molecule has 0 unspecified atom stereocenters. The molecule has 0 spiro atoms. The fourth-order valence-electron chi connectivity index (χ4n) is 1.37. The van der Waals surface area contributed by atoms with Gasteiger partial charge in [-0.3, -0.25) is 0 Å². The maximum absolute atomic E-state index is 4.34. The molecule has 1 aliphatic rings. The number of aryl methyl sites for hydroxylation is 1. The van der Waals surface area contributed by atoms with Crippen molar-refractivity contribution in [1.82, 2.24) is 0 Å². The molecule has 0 N–H and O–H groups in total. The van der Waals surface area contributed by atoms with Crippen LogP contribution in [0.5, 0.6) is 0 Å². The number of fused-ring (bicyclic) bond motifs is 1. The van der Waals surface area contributed by atoms with E-state index in [2.05, 4.69) is 30.4 Å². The molecule has 2 rings (SSSR count). The topological polar surface area (TPSA) is 14.1 Å². The van der Waals surface area contributed by atoms with Crippen molar-refractivity contribution in [2.24, 2.45) is 0 Å². The molecule has 0 radical (unpaired) electrons. The molecule has 1 aromatic carbocycles. The smallest absolute Gasteiger partial charge is 0.684 e. The van der Waals surface area contributed by atoms with Crippen LogP contribution in [0.2, 0.25) is 0 Å². The molecular formula is C10H13NW. The molecule has 0 bridgehead atoms. The van der Waals surface area contributed by atoms with Gasteiger partial charge in [-0.25, -0.2) is 0 Å². The van der Waals surface area contributed by atoms with Gasteiger partial charge in [0.05, 0.1) is 0 Å². The summed E-state index contributed by atoms with van der Waals surface area (Å²) < 4.78 is 0. The minimum absolute atomic E-state index is 0. The average Bonchev–Trinajstić information content (AvgIpc) is 2.33. The van der Waals surface area contributed by atoms with E-state index >= 15 is 0 Å². The van der Waals surface area contributed by atoms with Crippen molar-refractivity contribution in [2.75, 3.05) is 6.54 Å². The standard InChI is InChI=1S/C9H10N.CH3.W/c1-7-2-3-9-8(6-7)4-5-10-9;;/h2-3,6H,4-5H2,1H3;1H3;/q2*-1;+2. The molecule has 0 saturated heterocycles. The van der Waals surface area contributed by atoms with Crippen LogP contribution in [0, 0.1) is 14.4 Å². The zero-order valence-electron chi connectivity index (χ0n) is 7.50.